The predicted octanol–water partition coefficient (Wildman–Crippen LogP) is 3.16. The van der Waals surface area contributed by atoms with Gasteiger partial charge in [0, 0.05) is 28.5 Å². The molecule has 0 spiro atoms. The van der Waals surface area contributed by atoms with Crippen LogP contribution in [0.15, 0.2) is 47.4 Å². The number of pyridine rings is 1. The highest BCUT2D eigenvalue weighted by molar-refractivity contribution is 7.19. The van der Waals surface area contributed by atoms with E-state index in [0.29, 0.717) is 16.6 Å². The standard InChI is InChI=1S/C16H14N2O2S/c1-10-13(15(19)17-11-6-4-3-5-7-11)14-12(21-10)8-9-18(2)16(14)20/h3-9H,1-2H3,(H,17,19). The zero-order chi connectivity index (χ0) is 15.0. The van der Waals surface area contributed by atoms with Crippen LogP contribution in [0.25, 0.3) is 10.1 Å². The molecule has 21 heavy (non-hydrogen) atoms. The van der Waals surface area contributed by atoms with Gasteiger partial charge in [0.05, 0.1) is 10.9 Å². The largest absolute Gasteiger partial charge is 0.322 e. The SMILES string of the molecule is Cc1sc2ccn(C)c(=O)c2c1C(=O)Nc1ccccc1. The third-order valence-corrected chi connectivity index (χ3v) is 4.42. The number of aromatic nitrogens is 1. The molecule has 4 nitrogen and oxygen atoms in total. The van der Waals surface area contributed by atoms with Crippen LogP contribution in [0, 0.1) is 6.92 Å². The van der Waals surface area contributed by atoms with Crippen molar-refractivity contribution in [3.8, 4) is 0 Å². The molecule has 2 aromatic heterocycles. The van der Waals surface area contributed by atoms with Crippen LogP contribution in [0.5, 0.6) is 0 Å². The summed E-state index contributed by atoms with van der Waals surface area (Å²) in [7, 11) is 1.69. The lowest BCUT2D eigenvalue weighted by molar-refractivity contribution is 0.102. The second kappa shape index (κ2) is 5.18. The Labute approximate surface area is 125 Å². The van der Waals surface area contributed by atoms with Crippen molar-refractivity contribution in [3.63, 3.8) is 0 Å². The normalized spacial score (nSPS) is 10.8. The van der Waals surface area contributed by atoms with E-state index in [1.807, 2.05) is 43.3 Å². The van der Waals surface area contributed by atoms with E-state index >= 15 is 0 Å². The summed E-state index contributed by atoms with van der Waals surface area (Å²) in [6.45, 7) is 1.87. The summed E-state index contributed by atoms with van der Waals surface area (Å²) in [4.78, 5) is 25.7. The number of amides is 1. The first-order chi connectivity index (χ1) is 10.1. The molecule has 0 aliphatic rings. The fourth-order valence-electron chi connectivity index (χ4n) is 2.31. The maximum absolute atomic E-state index is 12.5. The fourth-order valence-corrected chi connectivity index (χ4v) is 3.35. The number of thiophene rings is 1. The number of benzene rings is 1. The number of nitrogens with zero attached hydrogens (tertiary/aromatic N) is 1. The quantitative estimate of drug-likeness (QED) is 0.790. The Balaban J connectivity index is 2.12. The van der Waals surface area contributed by atoms with Crippen molar-refractivity contribution < 1.29 is 4.79 Å². The van der Waals surface area contributed by atoms with E-state index < -0.39 is 0 Å². The zero-order valence-electron chi connectivity index (χ0n) is 11.7. The van der Waals surface area contributed by atoms with Gasteiger partial charge in [-0.2, -0.15) is 0 Å². The Bertz CT molecular complexity index is 878. The van der Waals surface area contributed by atoms with Crippen LogP contribution >= 0.6 is 11.3 Å². The number of rotatable bonds is 2. The highest BCUT2D eigenvalue weighted by Crippen LogP contribution is 2.28. The average molecular weight is 298 g/mol. The average Bonchev–Trinajstić information content (AvgIpc) is 2.81. The smallest absolute Gasteiger partial charge is 0.259 e. The van der Waals surface area contributed by atoms with E-state index in [4.69, 9.17) is 0 Å². The highest BCUT2D eigenvalue weighted by atomic mass is 32.1. The first kappa shape index (κ1) is 13.6. The lowest BCUT2D eigenvalue weighted by Crippen LogP contribution is -2.19. The summed E-state index contributed by atoms with van der Waals surface area (Å²) >= 11 is 1.47. The minimum Gasteiger partial charge on any atom is -0.322 e. The topological polar surface area (TPSA) is 51.1 Å². The maximum Gasteiger partial charge on any atom is 0.259 e. The number of fused-ring (bicyclic) bond motifs is 1. The van der Waals surface area contributed by atoms with Gasteiger partial charge >= 0.3 is 0 Å². The van der Waals surface area contributed by atoms with Gasteiger partial charge in [-0.1, -0.05) is 18.2 Å². The van der Waals surface area contributed by atoms with Crippen LogP contribution in [-0.4, -0.2) is 10.5 Å². The van der Waals surface area contributed by atoms with Crippen LogP contribution in [0.3, 0.4) is 0 Å². The highest BCUT2D eigenvalue weighted by Gasteiger charge is 2.19. The number of hydrogen-bond acceptors (Lipinski definition) is 3. The molecule has 1 aromatic carbocycles. The van der Waals surface area contributed by atoms with Crippen LogP contribution in [0.4, 0.5) is 5.69 Å². The van der Waals surface area contributed by atoms with Gasteiger partial charge < -0.3 is 9.88 Å². The van der Waals surface area contributed by atoms with Gasteiger partial charge in [-0.05, 0) is 25.1 Å². The Hall–Kier alpha value is -2.40. The molecule has 2 heterocycles. The Morgan fingerprint density at radius 3 is 2.62 bits per heavy atom. The fraction of sp³-hybridized carbons (Fsp3) is 0.125. The summed E-state index contributed by atoms with van der Waals surface area (Å²) in [5.74, 6) is -0.242. The van der Waals surface area contributed by atoms with Gasteiger partial charge in [-0.15, -0.1) is 11.3 Å². The molecule has 3 rings (SSSR count). The molecule has 0 saturated heterocycles. The van der Waals surface area contributed by atoms with Crippen LogP contribution in [0.2, 0.25) is 0 Å². The number of carbonyl (C=O) groups excluding carboxylic acids is 1. The molecule has 106 valence electrons. The lowest BCUT2D eigenvalue weighted by Gasteiger charge is -2.05. The second-order valence-electron chi connectivity index (χ2n) is 4.82. The summed E-state index contributed by atoms with van der Waals surface area (Å²) in [6.07, 6.45) is 1.72. The molecule has 0 unspecified atom stereocenters. The Morgan fingerprint density at radius 2 is 1.90 bits per heavy atom. The lowest BCUT2D eigenvalue weighted by atomic mass is 10.1. The van der Waals surface area contributed by atoms with E-state index in [-0.39, 0.29) is 11.5 Å². The van der Waals surface area contributed by atoms with Gasteiger partial charge in [-0.3, -0.25) is 9.59 Å². The van der Waals surface area contributed by atoms with E-state index in [1.165, 1.54) is 15.9 Å². The predicted molar refractivity (Wildman–Crippen MR) is 86.2 cm³/mol. The van der Waals surface area contributed by atoms with Crippen molar-refractivity contribution >= 4 is 33.0 Å². The molecule has 1 N–H and O–H groups in total. The molecule has 5 heteroatoms. The van der Waals surface area contributed by atoms with Crippen molar-refractivity contribution in [2.24, 2.45) is 7.05 Å². The van der Waals surface area contributed by atoms with Crippen molar-refractivity contribution in [2.75, 3.05) is 5.32 Å². The number of hydrogen-bond donors (Lipinski definition) is 1. The number of anilines is 1. The summed E-state index contributed by atoms with van der Waals surface area (Å²) < 4.78 is 2.34. The first-order valence-electron chi connectivity index (χ1n) is 6.53. The molecular weight excluding hydrogens is 284 g/mol. The summed E-state index contributed by atoms with van der Waals surface area (Å²) in [5.41, 5.74) is 1.05. The van der Waals surface area contributed by atoms with Gasteiger partial charge in [0.15, 0.2) is 0 Å². The van der Waals surface area contributed by atoms with Gasteiger partial charge in [0.2, 0.25) is 0 Å². The van der Waals surface area contributed by atoms with Crippen molar-refractivity contribution in [1.82, 2.24) is 4.57 Å². The van der Waals surface area contributed by atoms with Gasteiger partial charge in [0.25, 0.3) is 11.5 Å². The number of nitrogens with one attached hydrogen (secondary N) is 1. The van der Waals surface area contributed by atoms with Crippen molar-refractivity contribution in [1.29, 1.82) is 0 Å². The zero-order valence-corrected chi connectivity index (χ0v) is 12.5. The van der Waals surface area contributed by atoms with Crippen LogP contribution in [-0.2, 0) is 7.05 Å². The minimum absolute atomic E-state index is 0.143. The van der Waals surface area contributed by atoms with E-state index in [0.717, 1.165) is 9.58 Å². The van der Waals surface area contributed by atoms with E-state index in [9.17, 15) is 9.59 Å². The van der Waals surface area contributed by atoms with E-state index in [1.54, 1.807) is 13.2 Å². The minimum atomic E-state index is -0.242. The monoisotopic (exact) mass is 298 g/mol. The number of aryl methyl sites for hydroxylation is 2. The Kier molecular flexibility index (Phi) is 3.35. The molecule has 1 amide bonds. The van der Waals surface area contributed by atoms with Crippen molar-refractivity contribution in [2.45, 2.75) is 6.92 Å². The summed E-state index contributed by atoms with van der Waals surface area (Å²) in [6, 6.07) is 11.1. The number of carbonyl (C=O) groups is 1. The Morgan fingerprint density at radius 1 is 1.19 bits per heavy atom. The summed E-state index contributed by atoms with van der Waals surface area (Å²) in [5, 5.41) is 3.34. The van der Waals surface area contributed by atoms with E-state index in [2.05, 4.69) is 5.32 Å². The third-order valence-electron chi connectivity index (χ3n) is 3.35. The molecule has 0 fully saturated rings. The molecule has 0 atom stereocenters. The molecular formula is C16H14N2O2S. The molecule has 3 aromatic rings. The van der Waals surface area contributed by atoms with Gasteiger partial charge in [-0.25, -0.2) is 0 Å². The van der Waals surface area contributed by atoms with Crippen LogP contribution < -0.4 is 10.9 Å². The first-order valence-corrected chi connectivity index (χ1v) is 7.34. The maximum atomic E-state index is 12.5. The van der Waals surface area contributed by atoms with Crippen molar-refractivity contribution in [3.05, 3.63) is 63.4 Å². The molecule has 0 saturated carbocycles. The molecule has 0 aliphatic carbocycles. The third kappa shape index (κ3) is 2.36. The number of para-hydroxylation sites is 1. The molecule has 0 aliphatic heterocycles. The molecule has 0 bridgehead atoms. The molecule has 0 radical (unpaired) electrons. The second-order valence-corrected chi connectivity index (χ2v) is 6.08. The van der Waals surface area contributed by atoms with Crippen LogP contribution in [0.1, 0.15) is 15.2 Å². The van der Waals surface area contributed by atoms with Gasteiger partial charge in [0.1, 0.15) is 0 Å².